The van der Waals surface area contributed by atoms with Crippen LogP contribution in [0.15, 0.2) is 6.07 Å². The first kappa shape index (κ1) is 13.0. The Morgan fingerprint density at radius 1 is 1.29 bits per heavy atom. The summed E-state index contributed by atoms with van der Waals surface area (Å²) in [5.41, 5.74) is 7.44. The highest BCUT2D eigenvalue weighted by Crippen LogP contribution is 2.25. The van der Waals surface area contributed by atoms with Crippen molar-refractivity contribution in [2.75, 3.05) is 0 Å². The van der Waals surface area contributed by atoms with E-state index in [0.29, 0.717) is 0 Å². The predicted octanol–water partition coefficient (Wildman–Crippen LogP) is 0.288. The van der Waals surface area contributed by atoms with Crippen LogP contribution < -0.4 is 16.6 Å². The molecule has 0 saturated carbocycles. The van der Waals surface area contributed by atoms with Crippen LogP contribution in [0.3, 0.4) is 0 Å². The van der Waals surface area contributed by atoms with Crippen molar-refractivity contribution in [2.24, 2.45) is 5.73 Å². The number of hydrazine groups is 1. The Morgan fingerprint density at radius 3 is 2.41 bits per heavy atom. The number of phenols is 1. The fourth-order valence-corrected chi connectivity index (χ4v) is 1.02. The van der Waals surface area contributed by atoms with Gasteiger partial charge in [-0.05, 0) is 12.2 Å². The predicted molar refractivity (Wildman–Crippen MR) is 55.4 cm³/mol. The van der Waals surface area contributed by atoms with Crippen LogP contribution >= 0.6 is 12.2 Å². The molecule has 0 aliphatic heterocycles. The van der Waals surface area contributed by atoms with Crippen LogP contribution in [0.1, 0.15) is 10.4 Å². The van der Waals surface area contributed by atoms with Gasteiger partial charge in [-0.1, -0.05) is 0 Å². The number of nitrogens with two attached hydrogens (primary N) is 1. The number of aromatic hydroxyl groups is 1. The van der Waals surface area contributed by atoms with Gasteiger partial charge in [0.25, 0.3) is 5.91 Å². The zero-order valence-corrected chi connectivity index (χ0v) is 8.87. The molecule has 0 unspecified atom stereocenters. The maximum absolute atomic E-state index is 13.2. The second-order valence-corrected chi connectivity index (χ2v) is 3.26. The Bertz CT molecular complexity index is 469. The molecule has 0 spiro atoms. The van der Waals surface area contributed by atoms with E-state index in [0.717, 1.165) is 0 Å². The van der Waals surface area contributed by atoms with Crippen LogP contribution in [0.25, 0.3) is 0 Å². The molecule has 5 nitrogen and oxygen atoms in total. The van der Waals surface area contributed by atoms with Gasteiger partial charge in [0.15, 0.2) is 28.3 Å². The summed E-state index contributed by atoms with van der Waals surface area (Å²) in [6.45, 7) is 0. The number of rotatable bonds is 1. The zero-order chi connectivity index (χ0) is 13.2. The van der Waals surface area contributed by atoms with Crippen molar-refractivity contribution in [3.8, 4) is 5.75 Å². The van der Waals surface area contributed by atoms with Gasteiger partial charge < -0.3 is 10.8 Å². The number of nitrogens with one attached hydrogen (secondary N) is 2. The Balaban J connectivity index is 3.12. The Morgan fingerprint density at radius 2 is 1.88 bits per heavy atom. The fourth-order valence-electron chi connectivity index (χ4n) is 0.974. The summed E-state index contributed by atoms with van der Waals surface area (Å²) in [4.78, 5) is 11.3. The smallest absolute Gasteiger partial charge is 0.276 e. The minimum atomic E-state index is -1.69. The molecule has 17 heavy (non-hydrogen) atoms. The maximum atomic E-state index is 13.2. The van der Waals surface area contributed by atoms with Gasteiger partial charge in [-0.25, -0.2) is 13.2 Å². The molecule has 1 rings (SSSR count). The lowest BCUT2D eigenvalue weighted by Crippen LogP contribution is -2.44. The van der Waals surface area contributed by atoms with E-state index >= 15 is 0 Å². The summed E-state index contributed by atoms with van der Waals surface area (Å²) >= 11 is 4.33. The van der Waals surface area contributed by atoms with Gasteiger partial charge in [-0.15, -0.1) is 0 Å². The zero-order valence-electron chi connectivity index (χ0n) is 8.05. The van der Waals surface area contributed by atoms with Crippen molar-refractivity contribution in [1.82, 2.24) is 10.9 Å². The summed E-state index contributed by atoms with van der Waals surface area (Å²) in [5.74, 6) is -7.41. The van der Waals surface area contributed by atoms with Gasteiger partial charge in [0.1, 0.15) is 5.56 Å². The highest BCUT2D eigenvalue weighted by Gasteiger charge is 2.24. The van der Waals surface area contributed by atoms with Gasteiger partial charge in [-0.3, -0.25) is 15.6 Å². The molecule has 0 bridgehead atoms. The standard InChI is InChI=1S/C8H6F3N3O2S/c9-2-1-3(10)6(15)4(5(2)11)7(16)13-14-8(12)17/h1,15H,(H,13,16)(H3,12,14,17). The highest BCUT2D eigenvalue weighted by atomic mass is 32.1. The van der Waals surface area contributed by atoms with Gasteiger partial charge in [0, 0.05) is 6.07 Å². The molecule has 1 amide bonds. The first-order chi connectivity index (χ1) is 7.84. The van der Waals surface area contributed by atoms with Gasteiger partial charge in [0.2, 0.25) is 0 Å². The first-order valence-corrected chi connectivity index (χ1v) is 4.47. The number of phenolic OH excluding ortho intramolecular Hbond substituents is 1. The number of hydrogen-bond donors (Lipinski definition) is 4. The van der Waals surface area contributed by atoms with Crippen LogP contribution in [0.5, 0.6) is 5.75 Å². The summed E-state index contributed by atoms with van der Waals surface area (Å²) in [6.07, 6.45) is 0. The van der Waals surface area contributed by atoms with Crippen LogP contribution in [0.4, 0.5) is 13.2 Å². The highest BCUT2D eigenvalue weighted by molar-refractivity contribution is 7.80. The lowest BCUT2D eigenvalue weighted by molar-refractivity contribution is 0.0934. The van der Waals surface area contributed by atoms with Gasteiger partial charge in [-0.2, -0.15) is 0 Å². The van der Waals surface area contributed by atoms with Crippen LogP contribution in [0, 0.1) is 17.5 Å². The van der Waals surface area contributed by atoms with Crippen molar-refractivity contribution >= 4 is 23.2 Å². The van der Waals surface area contributed by atoms with E-state index in [1.54, 1.807) is 5.43 Å². The third-order valence-corrected chi connectivity index (χ3v) is 1.77. The normalized spacial score (nSPS) is 9.82. The second kappa shape index (κ2) is 4.87. The number of halogens is 3. The summed E-state index contributed by atoms with van der Waals surface area (Å²) in [7, 11) is 0. The molecule has 1 aromatic carbocycles. The average molecular weight is 265 g/mol. The van der Waals surface area contributed by atoms with E-state index in [-0.39, 0.29) is 11.2 Å². The number of hydrogen-bond acceptors (Lipinski definition) is 3. The number of benzene rings is 1. The maximum Gasteiger partial charge on any atom is 0.276 e. The fraction of sp³-hybridized carbons (Fsp3) is 0. The molecule has 0 fully saturated rings. The molecule has 1 aromatic rings. The van der Waals surface area contributed by atoms with Crippen molar-refractivity contribution in [2.45, 2.75) is 0 Å². The van der Waals surface area contributed by atoms with Crippen LogP contribution in [-0.4, -0.2) is 16.1 Å². The van der Waals surface area contributed by atoms with Crippen molar-refractivity contribution in [1.29, 1.82) is 0 Å². The van der Waals surface area contributed by atoms with E-state index in [1.165, 1.54) is 0 Å². The van der Waals surface area contributed by atoms with E-state index < -0.39 is 34.7 Å². The number of carbonyl (C=O) groups excluding carboxylic acids is 1. The monoisotopic (exact) mass is 265 g/mol. The molecule has 0 atom stereocenters. The number of carbonyl (C=O) groups is 1. The minimum absolute atomic E-state index is 0.114. The molecule has 0 aliphatic carbocycles. The van der Waals surface area contributed by atoms with E-state index in [2.05, 4.69) is 12.2 Å². The molecular weight excluding hydrogens is 259 g/mol. The molecule has 9 heteroatoms. The molecular formula is C8H6F3N3O2S. The molecule has 92 valence electrons. The first-order valence-electron chi connectivity index (χ1n) is 4.06. The SMILES string of the molecule is NC(=S)NNC(=O)c1c(O)c(F)cc(F)c1F. The molecule has 5 N–H and O–H groups in total. The van der Waals surface area contributed by atoms with E-state index in [1.807, 2.05) is 5.43 Å². The summed E-state index contributed by atoms with van der Waals surface area (Å²) in [6, 6.07) is 0.114. The van der Waals surface area contributed by atoms with Crippen molar-refractivity contribution < 1.29 is 23.1 Å². The van der Waals surface area contributed by atoms with Crippen molar-refractivity contribution in [3.05, 3.63) is 29.1 Å². The lowest BCUT2D eigenvalue weighted by atomic mass is 10.1. The van der Waals surface area contributed by atoms with Gasteiger partial charge >= 0.3 is 0 Å². The van der Waals surface area contributed by atoms with Gasteiger partial charge in [0.05, 0.1) is 0 Å². The summed E-state index contributed by atoms with van der Waals surface area (Å²) < 4.78 is 38.8. The third-order valence-electron chi connectivity index (χ3n) is 1.67. The number of thiocarbonyl (C=S) groups is 1. The average Bonchev–Trinajstić information content (AvgIpc) is 2.24. The topological polar surface area (TPSA) is 87.4 Å². The van der Waals surface area contributed by atoms with Crippen molar-refractivity contribution in [3.63, 3.8) is 0 Å². The quantitative estimate of drug-likeness (QED) is 0.333. The second-order valence-electron chi connectivity index (χ2n) is 2.82. The third kappa shape index (κ3) is 2.75. The molecule has 0 radical (unpaired) electrons. The molecule has 0 saturated heterocycles. The van der Waals surface area contributed by atoms with Crippen LogP contribution in [-0.2, 0) is 0 Å². The van der Waals surface area contributed by atoms with E-state index in [9.17, 15) is 18.0 Å². The Hall–Kier alpha value is -2.03. The minimum Gasteiger partial charge on any atom is -0.504 e. The largest absolute Gasteiger partial charge is 0.504 e. The Kier molecular flexibility index (Phi) is 3.73. The summed E-state index contributed by atoms with van der Waals surface area (Å²) in [5, 5.41) is 8.75. The molecule has 0 aliphatic rings. The van der Waals surface area contributed by atoms with E-state index in [4.69, 9.17) is 10.8 Å². The lowest BCUT2D eigenvalue weighted by Gasteiger charge is -2.09. The Labute approximate surface area is 98.4 Å². The van der Waals surface area contributed by atoms with Crippen LogP contribution in [0.2, 0.25) is 0 Å². The molecule has 0 aromatic heterocycles. The number of amides is 1. The molecule has 0 heterocycles.